The summed E-state index contributed by atoms with van der Waals surface area (Å²) in [5.41, 5.74) is -0.586. The summed E-state index contributed by atoms with van der Waals surface area (Å²) in [5.74, 6) is 1.39. The van der Waals surface area contributed by atoms with Gasteiger partial charge in [-0.15, -0.1) is 0 Å². The topological polar surface area (TPSA) is 96.6 Å². The van der Waals surface area contributed by atoms with E-state index >= 15 is 0 Å². The van der Waals surface area contributed by atoms with Crippen molar-refractivity contribution in [3.8, 4) is 0 Å². The Balaban J connectivity index is 1.64. The van der Waals surface area contributed by atoms with Crippen molar-refractivity contribution in [3.05, 3.63) is 11.7 Å². The largest absolute Gasteiger partial charge is 0.341 e. The van der Waals surface area contributed by atoms with E-state index in [1.165, 1.54) is 4.31 Å². The van der Waals surface area contributed by atoms with Gasteiger partial charge in [-0.1, -0.05) is 18.0 Å². The molecule has 3 fully saturated rings. The highest BCUT2D eigenvalue weighted by Gasteiger charge is 2.59. The van der Waals surface area contributed by atoms with Crippen LogP contribution in [0.2, 0.25) is 0 Å². The van der Waals surface area contributed by atoms with Gasteiger partial charge in [0.05, 0.1) is 11.2 Å². The second-order valence-electron chi connectivity index (χ2n) is 7.89. The summed E-state index contributed by atoms with van der Waals surface area (Å²) in [6.45, 7) is 5.15. The maximum absolute atomic E-state index is 12.9. The van der Waals surface area contributed by atoms with Crippen molar-refractivity contribution in [2.75, 3.05) is 31.9 Å². The highest BCUT2D eigenvalue weighted by Crippen LogP contribution is 2.46. The van der Waals surface area contributed by atoms with Crippen LogP contribution in [0.25, 0.3) is 0 Å². The van der Waals surface area contributed by atoms with Crippen LogP contribution in [0.5, 0.6) is 0 Å². The van der Waals surface area contributed by atoms with E-state index < -0.39 is 15.4 Å². The molecule has 0 bridgehead atoms. The average molecular weight is 382 g/mol. The van der Waals surface area contributed by atoms with E-state index in [2.05, 4.69) is 10.1 Å². The number of rotatable bonds is 4. The number of carbonyl (C=O) groups is 1. The Bertz CT molecular complexity index is 801. The summed E-state index contributed by atoms with van der Waals surface area (Å²) in [5, 5.41) is 3.91. The summed E-state index contributed by atoms with van der Waals surface area (Å²) < 4.78 is 31.8. The molecule has 0 radical (unpaired) electrons. The van der Waals surface area contributed by atoms with Crippen LogP contribution in [0.1, 0.15) is 44.3 Å². The quantitative estimate of drug-likeness (QED) is 0.769. The molecule has 144 valence electrons. The van der Waals surface area contributed by atoms with Gasteiger partial charge in [-0.3, -0.25) is 4.79 Å². The predicted molar refractivity (Wildman–Crippen MR) is 93.8 cm³/mol. The molecule has 0 N–H and O–H groups in total. The van der Waals surface area contributed by atoms with E-state index in [9.17, 15) is 13.2 Å². The first-order valence-electron chi connectivity index (χ1n) is 9.43. The molecule has 0 unspecified atom stereocenters. The Kier molecular flexibility index (Phi) is 4.34. The van der Waals surface area contributed by atoms with Gasteiger partial charge in [0.15, 0.2) is 5.82 Å². The molecule has 3 aliphatic rings. The predicted octanol–water partition coefficient (Wildman–Crippen LogP) is 0.930. The van der Waals surface area contributed by atoms with E-state index in [0.717, 1.165) is 25.7 Å². The normalized spacial score (nSPS) is 30.2. The lowest BCUT2D eigenvalue weighted by molar-refractivity contribution is -0.134. The highest BCUT2D eigenvalue weighted by molar-refractivity contribution is 7.89. The van der Waals surface area contributed by atoms with Gasteiger partial charge in [0.25, 0.3) is 0 Å². The lowest BCUT2D eigenvalue weighted by Gasteiger charge is -2.27. The fourth-order valence-electron chi connectivity index (χ4n) is 4.81. The summed E-state index contributed by atoms with van der Waals surface area (Å²) in [7, 11) is -3.29. The van der Waals surface area contributed by atoms with E-state index in [0.29, 0.717) is 37.9 Å². The number of amides is 1. The zero-order chi connectivity index (χ0) is 18.5. The molecule has 1 amide bonds. The van der Waals surface area contributed by atoms with Crippen molar-refractivity contribution in [2.24, 2.45) is 11.8 Å². The van der Waals surface area contributed by atoms with Gasteiger partial charge in [0.1, 0.15) is 0 Å². The number of fused-ring (bicyclic) bond motifs is 1. The lowest BCUT2D eigenvalue weighted by Crippen LogP contribution is -2.42. The number of sulfonamides is 1. The van der Waals surface area contributed by atoms with E-state index in [4.69, 9.17) is 4.52 Å². The van der Waals surface area contributed by atoms with Crippen LogP contribution in [0.3, 0.4) is 0 Å². The first kappa shape index (κ1) is 17.9. The van der Waals surface area contributed by atoms with E-state index in [1.807, 2.05) is 4.90 Å². The van der Waals surface area contributed by atoms with Gasteiger partial charge in [0.2, 0.25) is 21.8 Å². The average Bonchev–Trinajstić information content (AvgIpc) is 3.36. The Morgan fingerprint density at radius 3 is 2.62 bits per heavy atom. The Morgan fingerprint density at radius 1 is 1.27 bits per heavy atom. The van der Waals surface area contributed by atoms with Gasteiger partial charge in [-0.05, 0) is 26.7 Å². The van der Waals surface area contributed by atoms with Crippen molar-refractivity contribution in [2.45, 2.75) is 44.9 Å². The van der Waals surface area contributed by atoms with Crippen LogP contribution >= 0.6 is 0 Å². The molecule has 1 aromatic heterocycles. The molecule has 2 aliphatic heterocycles. The van der Waals surface area contributed by atoms with Crippen LogP contribution in [0, 0.1) is 18.8 Å². The van der Waals surface area contributed by atoms with Crippen molar-refractivity contribution >= 4 is 15.9 Å². The molecule has 1 aromatic rings. The van der Waals surface area contributed by atoms with Gasteiger partial charge in [-0.25, -0.2) is 12.7 Å². The molecule has 8 nitrogen and oxygen atoms in total. The van der Waals surface area contributed by atoms with E-state index in [1.54, 1.807) is 13.8 Å². The van der Waals surface area contributed by atoms with Crippen LogP contribution in [0.4, 0.5) is 0 Å². The number of hydrogen-bond donors (Lipinski definition) is 0. The molecule has 1 saturated carbocycles. The molecule has 1 aliphatic carbocycles. The van der Waals surface area contributed by atoms with Crippen LogP contribution in [0.15, 0.2) is 4.52 Å². The van der Waals surface area contributed by atoms with Gasteiger partial charge < -0.3 is 9.42 Å². The maximum Gasteiger partial charge on any atom is 0.236 e. The first-order chi connectivity index (χ1) is 12.4. The van der Waals surface area contributed by atoms with Gasteiger partial charge >= 0.3 is 0 Å². The zero-order valence-electron chi connectivity index (χ0n) is 15.3. The summed E-state index contributed by atoms with van der Waals surface area (Å²) in [4.78, 5) is 19.3. The van der Waals surface area contributed by atoms with Gasteiger partial charge in [0, 0.05) is 38.0 Å². The lowest BCUT2D eigenvalue weighted by atomic mass is 9.81. The molecule has 2 atom stereocenters. The third-order valence-corrected chi connectivity index (χ3v) is 8.10. The summed E-state index contributed by atoms with van der Waals surface area (Å²) in [6.07, 6.45) is 4.15. The molecule has 0 spiro atoms. The maximum atomic E-state index is 12.9. The third-order valence-electron chi connectivity index (χ3n) is 6.31. The number of aryl methyl sites for hydroxylation is 1. The molecule has 26 heavy (non-hydrogen) atoms. The molecule has 9 heteroatoms. The second-order valence-corrected chi connectivity index (χ2v) is 10.2. The van der Waals surface area contributed by atoms with Crippen LogP contribution in [-0.4, -0.2) is 65.6 Å². The Morgan fingerprint density at radius 2 is 2.00 bits per heavy atom. The minimum absolute atomic E-state index is 0.00553. The summed E-state index contributed by atoms with van der Waals surface area (Å²) >= 11 is 0. The van der Waals surface area contributed by atoms with Crippen molar-refractivity contribution in [3.63, 3.8) is 0 Å². The number of likely N-dealkylation sites (tertiary alicyclic amines) is 1. The Hall–Kier alpha value is -1.48. The second kappa shape index (κ2) is 6.30. The fourth-order valence-corrected chi connectivity index (χ4v) is 6.01. The number of aromatic nitrogens is 2. The van der Waals surface area contributed by atoms with Gasteiger partial charge in [-0.2, -0.15) is 4.98 Å². The first-order valence-corrected chi connectivity index (χ1v) is 11.0. The number of hydrogen-bond acceptors (Lipinski definition) is 6. The highest BCUT2D eigenvalue weighted by atomic mass is 32.2. The van der Waals surface area contributed by atoms with E-state index in [-0.39, 0.29) is 23.5 Å². The number of nitrogens with zero attached hydrogens (tertiary/aromatic N) is 4. The monoisotopic (exact) mass is 382 g/mol. The smallest absolute Gasteiger partial charge is 0.236 e. The summed E-state index contributed by atoms with van der Waals surface area (Å²) in [6, 6.07) is 0. The molecular formula is C17H26N4O4S. The molecule has 4 rings (SSSR count). The van der Waals surface area contributed by atoms with Crippen molar-refractivity contribution in [1.82, 2.24) is 19.3 Å². The minimum Gasteiger partial charge on any atom is -0.341 e. The third kappa shape index (κ3) is 2.76. The molecular weight excluding hydrogens is 356 g/mol. The fraction of sp³-hybridized carbons (Fsp3) is 0.824. The minimum atomic E-state index is -3.29. The van der Waals surface area contributed by atoms with Crippen LogP contribution in [-0.2, 0) is 20.2 Å². The van der Waals surface area contributed by atoms with Crippen molar-refractivity contribution < 1.29 is 17.7 Å². The standard InChI is InChI=1S/C17H26N4O4S/c1-3-26(23,24)21-9-14-8-20(15(22)13-6-4-5-7-13)10-17(14,11-21)16-18-12(2)19-25-16/h13-14H,3-11H2,1-2H3/t14-,17-/m0/s1. The van der Waals surface area contributed by atoms with Crippen LogP contribution < -0.4 is 0 Å². The van der Waals surface area contributed by atoms with Crippen molar-refractivity contribution in [1.29, 1.82) is 0 Å². The zero-order valence-corrected chi connectivity index (χ0v) is 16.2. The molecule has 2 saturated heterocycles. The SMILES string of the molecule is CCS(=O)(=O)N1C[C@@H]2CN(C(=O)C3CCCC3)C[C@]2(c2nc(C)no2)C1. The number of carbonyl (C=O) groups excluding carboxylic acids is 1. The molecule has 3 heterocycles. The molecule has 0 aromatic carbocycles. The Labute approximate surface area is 154 Å².